The van der Waals surface area contributed by atoms with Crippen LogP contribution in [0.15, 0.2) is 0 Å². The molecular formula is C16H29NO. The second-order valence-corrected chi connectivity index (χ2v) is 7.58. The molecule has 2 aliphatic rings. The number of hydrogen-bond donors (Lipinski definition) is 0. The van der Waals surface area contributed by atoms with Gasteiger partial charge >= 0.3 is 0 Å². The highest BCUT2D eigenvalue weighted by atomic mass is 16.1. The quantitative estimate of drug-likeness (QED) is 0.760. The number of ketones is 1. The maximum Gasteiger partial charge on any atom is 0.147 e. The highest BCUT2D eigenvalue weighted by Gasteiger charge is 2.40. The number of Topliss-reactive ketones (excluding diaryl/α,β-unsaturated/α-hetero) is 1. The van der Waals surface area contributed by atoms with Gasteiger partial charge in [-0.05, 0) is 37.0 Å². The first-order valence-corrected chi connectivity index (χ1v) is 7.66. The molecule has 3 atom stereocenters. The van der Waals surface area contributed by atoms with Crippen LogP contribution >= 0.6 is 0 Å². The van der Waals surface area contributed by atoms with Crippen molar-refractivity contribution in [2.24, 2.45) is 11.3 Å². The van der Waals surface area contributed by atoms with Crippen molar-refractivity contribution < 1.29 is 4.79 Å². The summed E-state index contributed by atoms with van der Waals surface area (Å²) in [6, 6.07) is 1.41. The summed E-state index contributed by atoms with van der Waals surface area (Å²) in [7, 11) is 0. The average molecular weight is 251 g/mol. The van der Waals surface area contributed by atoms with Crippen LogP contribution in [0.3, 0.4) is 0 Å². The Morgan fingerprint density at radius 3 is 2.17 bits per heavy atom. The van der Waals surface area contributed by atoms with Gasteiger partial charge in [-0.1, -0.05) is 34.1 Å². The minimum Gasteiger partial charge on any atom is -0.298 e. The van der Waals surface area contributed by atoms with Gasteiger partial charge in [-0.25, -0.2) is 0 Å². The lowest BCUT2D eigenvalue weighted by Crippen LogP contribution is -2.45. The zero-order chi connectivity index (χ0) is 13.3. The third-order valence-corrected chi connectivity index (χ3v) is 4.65. The summed E-state index contributed by atoms with van der Waals surface area (Å²) in [5, 5.41) is 0. The molecule has 104 valence electrons. The van der Waals surface area contributed by atoms with E-state index in [4.69, 9.17) is 0 Å². The molecule has 1 unspecified atom stereocenters. The number of piperidine rings is 1. The minimum atomic E-state index is 0.137. The molecule has 2 nitrogen and oxygen atoms in total. The van der Waals surface area contributed by atoms with Crippen molar-refractivity contribution in [3.63, 3.8) is 0 Å². The fourth-order valence-electron chi connectivity index (χ4n) is 3.83. The zero-order valence-electron chi connectivity index (χ0n) is 12.5. The predicted octanol–water partition coefficient (Wildman–Crippen LogP) is 3.64. The molecule has 2 saturated heterocycles. The predicted molar refractivity (Wildman–Crippen MR) is 75.6 cm³/mol. The molecule has 0 aromatic heterocycles. The first-order valence-electron chi connectivity index (χ1n) is 7.66. The number of nitrogens with zero attached hydrogens (tertiary/aromatic N) is 1. The summed E-state index contributed by atoms with van der Waals surface area (Å²) in [5.74, 6) is 1.35. The Labute approximate surface area is 112 Å². The first-order chi connectivity index (χ1) is 8.39. The van der Waals surface area contributed by atoms with Gasteiger partial charge in [0, 0.05) is 18.5 Å². The maximum atomic E-state index is 12.2. The van der Waals surface area contributed by atoms with Crippen molar-refractivity contribution in [1.82, 2.24) is 4.90 Å². The second-order valence-electron chi connectivity index (χ2n) is 7.58. The second kappa shape index (κ2) is 5.32. The Balaban J connectivity index is 1.90. The fraction of sp³-hybridized carbons (Fsp3) is 0.938. The SMILES string of the molecule is CCC1C[C@H]2CC[C@@H](C1)N2CC(=O)CC(C)(C)C. The van der Waals surface area contributed by atoms with Crippen molar-refractivity contribution in [1.29, 1.82) is 0 Å². The van der Waals surface area contributed by atoms with Gasteiger partial charge in [-0.3, -0.25) is 9.69 Å². The molecule has 0 spiro atoms. The fourth-order valence-corrected chi connectivity index (χ4v) is 3.83. The minimum absolute atomic E-state index is 0.137. The molecule has 0 N–H and O–H groups in total. The van der Waals surface area contributed by atoms with Crippen LogP contribution in [0.5, 0.6) is 0 Å². The van der Waals surface area contributed by atoms with Crippen LogP contribution < -0.4 is 0 Å². The van der Waals surface area contributed by atoms with Gasteiger partial charge in [-0.15, -0.1) is 0 Å². The molecule has 0 amide bonds. The molecule has 18 heavy (non-hydrogen) atoms. The Kier molecular flexibility index (Phi) is 4.15. The van der Waals surface area contributed by atoms with E-state index in [9.17, 15) is 4.79 Å². The topological polar surface area (TPSA) is 20.3 Å². The summed E-state index contributed by atoms with van der Waals surface area (Å²) in [6.45, 7) is 9.49. The van der Waals surface area contributed by atoms with Crippen LogP contribution in [-0.2, 0) is 4.79 Å². The standard InChI is InChI=1S/C16H29NO/c1-5-12-8-13-6-7-14(9-12)17(13)11-15(18)10-16(2,3)4/h12-14H,5-11H2,1-4H3/t12?,13-,14+. The van der Waals surface area contributed by atoms with Crippen LogP contribution in [0.2, 0.25) is 0 Å². The van der Waals surface area contributed by atoms with Crippen molar-refractivity contribution in [3.05, 3.63) is 0 Å². The molecule has 2 rings (SSSR count). The molecule has 2 bridgehead atoms. The average Bonchev–Trinajstić information content (AvgIpc) is 2.49. The van der Waals surface area contributed by atoms with E-state index in [-0.39, 0.29) is 5.41 Å². The van der Waals surface area contributed by atoms with Crippen molar-refractivity contribution in [2.75, 3.05) is 6.54 Å². The number of fused-ring (bicyclic) bond motifs is 2. The van der Waals surface area contributed by atoms with Crippen LogP contribution in [0.4, 0.5) is 0 Å². The Morgan fingerprint density at radius 2 is 1.72 bits per heavy atom. The number of carbonyl (C=O) groups is 1. The van der Waals surface area contributed by atoms with E-state index < -0.39 is 0 Å². The third-order valence-electron chi connectivity index (χ3n) is 4.65. The normalized spacial score (nSPS) is 32.8. The van der Waals surface area contributed by atoms with E-state index in [1.165, 1.54) is 32.1 Å². The molecular weight excluding hydrogens is 222 g/mol. The maximum absolute atomic E-state index is 12.2. The molecule has 2 aliphatic heterocycles. The molecule has 0 aromatic rings. The molecule has 2 fully saturated rings. The molecule has 0 aromatic carbocycles. The zero-order valence-corrected chi connectivity index (χ0v) is 12.5. The summed E-state index contributed by atoms with van der Waals surface area (Å²) in [4.78, 5) is 14.7. The molecule has 0 aliphatic carbocycles. The lowest BCUT2D eigenvalue weighted by atomic mass is 9.87. The summed E-state index contributed by atoms with van der Waals surface area (Å²) in [6.07, 6.45) is 7.34. The molecule has 0 radical (unpaired) electrons. The van der Waals surface area contributed by atoms with Gasteiger partial charge in [-0.2, -0.15) is 0 Å². The van der Waals surface area contributed by atoms with Gasteiger partial charge in [0.05, 0.1) is 6.54 Å². The van der Waals surface area contributed by atoms with Crippen molar-refractivity contribution in [3.8, 4) is 0 Å². The molecule has 0 saturated carbocycles. The van der Waals surface area contributed by atoms with Gasteiger partial charge in [0.2, 0.25) is 0 Å². The number of rotatable bonds is 4. The van der Waals surface area contributed by atoms with E-state index >= 15 is 0 Å². The van der Waals surface area contributed by atoms with Crippen molar-refractivity contribution >= 4 is 5.78 Å². The van der Waals surface area contributed by atoms with Gasteiger partial charge in [0.1, 0.15) is 5.78 Å². The monoisotopic (exact) mass is 251 g/mol. The highest BCUT2D eigenvalue weighted by molar-refractivity contribution is 5.81. The van der Waals surface area contributed by atoms with Crippen LogP contribution in [0.25, 0.3) is 0 Å². The largest absolute Gasteiger partial charge is 0.298 e. The van der Waals surface area contributed by atoms with Gasteiger partial charge < -0.3 is 0 Å². The molecule has 2 heteroatoms. The summed E-state index contributed by atoms with van der Waals surface area (Å²) >= 11 is 0. The summed E-state index contributed by atoms with van der Waals surface area (Å²) < 4.78 is 0. The van der Waals surface area contributed by atoms with Crippen molar-refractivity contribution in [2.45, 2.75) is 78.3 Å². The number of hydrogen-bond acceptors (Lipinski definition) is 2. The van der Waals surface area contributed by atoms with Crippen LogP contribution in [-0.4, -0.2) is 29.3 Å². The summed E-state index contributed by atoms with van der Waals surface area (Å²) in [5.41, 5.74) is 0.137. The number of carbonyl (C=O) groups excluding carboxylic acids is 1. The lowest BCUT2D eigenvalue weighted by molar-refractivity contribution is -0.123. The van der Waals surface area contributed by atoms with E-state index in [1.807, 2.05) is 0 Å². The van der Waals surface area contributed by atoms with Crippen LogP contribution in [0.1, 0.15) is 66.2 Å². The smallest absolute Gasteiger partial charge is 0.147 e. The van der Waals surface area contributed by atoms with Gasteiger partial charge in [0.25, 0.3) is 0 Å². The Bertz CT molecular complexity index is 291. The first kappa shape index (κ1) is 14.0. The van der Waals surface area contributed by atoms with Gasteiger partial charge in [0.15, 0.2) is 0 Å². The van der Waals surface area contributed by atoms with E-state index in [2.05, 4.69) is 32.6 Å². The van der Waals surface area contributed by atoms with E-state index in [0.29, 0.717) is 24.4 Å². The highest BCUT2D eigenvalue weighted by Crippen LogP contribution is 2.39. The Hall–Kier alpha value is -0.370. The van der Waals surface area contributed by atoms with Crippen LogP contribution in [0, 0.1) is 11.3 Å². The van der Waals surface area contributed by atoms with E-state index in [0.717, 1.165) is 12.3 Å². The molecule has 2 heterocycles. The van der Waals surface area contributed by atoms with E-state index in [1.54, 1.807) is 0 Å². The third kappa shape index (κ3) is 3.34. The Morgan fingerprint density at radius 1 is 1.17 bits per heavy atom. The lowest BCUT2D eigenvalue weighted by Gasteiger charge is -2.38.